The Balaban J connectivity index is 1.77. The number of benzene rings is 1. The van der Waals surface area contributed by atoms with Gasteiger partial charge in [-0.25, -0.2) is 22.9 Å². The number of hydrogen-bond acceptors (Lipinski definition) is 6. The molecule has 0 aliphatic heterocycles. The van der Waals surface area contributed by atoms with Gasteiger partial charge in [0.05, 0.1) is 21.1 Å². The molecule has 23 heavy (non-hydrogen) atoms. The Morgan fingerprint density at radius 2 is 2.17 bits per heavy atom. The summed E-state index contributed by atoms with van der Waals surface area (Å²) < 4.78 is 33.5. The Labute approximate surface area is 136 Å². The van der Waals surface area contributed by atoms with E-state index in [9.17, 15) is 13.2 Å². The van der Waals surface area contributed by atoms with Crippen LogP contribution in [-0.4, -0.2) is 24.5 Å². The molecule has 0 spiro atoms. The maximum atomic E-state index is 12.3. The topological polar surface area (TPSA) is 94.2 Å². The molecule has 0 radical (unpaired) electrons. The minimum atomic E-state index is -3.66. The summed E-state index contributed by atoms with van der Waals surface area (Å²) in [5, 5.41) is 2.86. The van der Waals surface area contributed by atoms with Crippen molar-refractivity contribution in [3.8, 4) is 0 Å². The van der Waals surface area contributed by atoms with Gasteiger partial charge in [-0.1, -0.05) is 0 Å². The van der Waals surface area contributed by atoms with Crippen molar-refractivity contribution in [1.29, 1.82) is 0 Å². The molecule has 0 fully saturated rings. The highest BCUT2D eigenvalue weighted by Crippen LogP contribution is 2.18. The number of oxazole rings is 1. The second kappa shape index (κ2) is 5.91. The minimum absolute atomic E-state index is 0.0637. The van der Waals surface area contributed by atoms with Crippen molar-refractivity contribution < 1.29 is 12.8 Å². The molecule has 3 rings (SSSR count). The van der Waals surface area contributed by atoms with E-state index in [1.165, 1.54) is 28.0 Å². The average Bonchev–Trinajstić information content (AvgIpc) is 3.03. The first kappa shape index (κ1) is 15.9. The number of sulfonamides is 1. The van der Waals surface area contributed by atoms with Crippen molar-refractivity contribution in [2.24, 2.45) is 7.05 Å². The van der Waals surface area contributed by atoms with Gasteiger partial charge < -0.3 is 4.42 Å². The summed E-state index contributed by atoms with van der Waals surface area (Å²) in [5.74, 6) is -0.526. The lowest BCUT2D eigenvalue weighted by molar-refractivity contribution is 0.527. The highest BCUT2D eigenvalue weighted by molar-refractivity contribution is 7.89. The molecule has 0 unspecified atom stereocenters. The minimum Gasteiger partial charge on any atom is -0.408 e. The molecular weight excluding hydrogens is 338 g/mol. The second-order valence-electron chi connectivity index (χ2n) is 5.06. The Hall–Kier alpha value is -1.97. The first-order valence-corrected chi connectivity index (χ1v) is 9.23. The largest absolute Gasteiger partial charge is 0.419 e. The zero-order valence-electron chi connectivity index (χ0n) is 12.6. The lowest BCUT2D eigenvalue weighted by Crippen LogP contribution is -2.26. The van der Waals surface area contributed by atoms with Gasteiger partial charge in [-0.3, -0.25) is 4.57 Å². The molecule has 0 atom stereocenters. The van der Waals surface area contributed by atoms with Crippen LogP contribution in [0.4, 0.5) is 0 Å². The molecule has 0 bridgehead atoms. The van der Waals surface area contributed by atoms with Crippen molar-refractivity contribution in [1.82, 2.24) is 14.3 Å². The zero-order valence-corrected chi connectivity index (χ0v) is 14.2. The van der Waals surface area contributed by atoms with Crippen LogP contribution in [0.5, 0.6) is 0 Å². The predicted octanol–water partition coefficient (Wildman–Crippen LogP) is 1.42. The van der Waals surface area contributed by atoms with E-state index in [0.717, 1.165) is 10.7 Å². The van der Waals surface area contributed by atoms with E-state index in [4.69, 9.17) is 4.42 Å². The molecule has 122 valence electrons. The van der Waals surface area contributed by atoms with Gasteiger partial charge in [0.1, 0.15) is 0 Å². The van der Waals surface area contributed by atoms with Gasteiger partial charge in [-0.05, 0) is 19.1 Å². The van der Waals surface area contributed by atoms with Crippen LogP contribution in [0.25, 0.3) is 11.1 Å². The molecule has 7 nitrogen and oxygen atoms in total. The van der Waals surface area contributed by atoms with Gasteiger partial charge in [0.25, 0.3) is 0 Å². The lowest BCUT2D eigenvalue weighted by atomic mass is 10.3. The Morgan fingerprint density at radius 3 is 2.87 bits per heavy atom. The van der Waals surface area contributed by atoms with Gasteiger partial charge >= 0.3 is 5.76 Å². The number of aromatic nitrogens is 2. The van der Waals surface area contributed by atoms with Gasteiger partial charge in [0, 0.05) is 31.5 Å². The fourth-order valence-corrected chi connectivity index (χ4v) is 3.90. The second-order valence-corrected chi connectivity index (χ2v) is 7.89. The highest BCUT2D eigenvalue weighted by Gasteiger charge is 2.16. The number of thiazole rings is 1. The fraction of sp³-hybridized carbons (Fsp3) is 0.286. The molecule has 9 heteroatoms. The van der Waals surface area contributed by atoms with Crippen LogP contribution in [0.1, 0.15) is 10.7 Å². The smallest absolute Gasteiger partial charge is 0.408 e. The van der Waals surface area contributed by atoms with Crippen LogP contribution in [0.2, 0.25) is 0 Å². The van der Waals surface area contributed by atoms with Gasteiger partial charge in [-0.15, -0.1) is 11.3 Å². The van der Waals surface area contributed by atoms with Crippen molar-refractivity contribution in [2.75, 3.05) is 6.54 Å². The van der Waals surface area contributed by atoms with Crippen LogP contribution in [0.3, 0.4) is 0 Å². The number of nitrogens with one attached hydrogen (secondary N) is 1. The van der Waals surface area contributed by atoms with Crippen LogP contribution in [0, 0.1) is 6.92 Å². The summed E-state index contributed by atoms with van der Waals surface area (Å²) >= 11 is 1.53. The Morgan fingerprint density at radius 1 is 1.39 bits per heavy atom. The summed E-state index contributed by atoms with van der Waals surface area (Å²) in [5.41, 5.74) is 1.65. The molecule has 0 aliphatic rings. The van der Waals surface area contributed by atoms with Crippen molar-refractivity contribution in [2.45, 2.75) is 18.2 Å². The fourth-order valence-electron chi connectivity index (χ4n) is 2.20. The molecule has 0 aliphatic carbocycles. The summed E-state index contributed by atoms with van der Waals surface area (Å²) in [4.78, 5) is 15.8. The van der Waals surface area contributed by atoms with E-state index >= 15 is 0 Å². The molecule has 0 saturated heterocycles. The first-order chi connectivity index (χ1) is 10.9. The Kier molecular flexibility index (Phi) is 4.09. The van der Waals surface area contributed by atoms with Crippen LogP contribution in [0.15, 0.2) is 37.7 Å². The van der Waals surface area contributed by atoms with Crippen LogP contribution < -0.4 is 10.5 Å². The van der Waals surface area contributed by atoms with E-state index < -0.39 is 15.8 Å². The lowest BCUT2D eigenvalue weighted by Gasteiger charge is -2.06. The SMILES string of the molecule is Cc1nc(CCNS(=O)(=O)c2ccc3c(c2)oc(=O)n3C)cs1. The summed E-state index contributed by atoms with van der Waals surface area (Å²) in [6.45, 7) is 2.16. The average molecular weight is 353 g/mol. The van der Waals surface area contributed by atoms with E-state index in [1.54, 1.807) is 13.1 Å². The number of nitrogens with zero attached hydrogens (tertiary/aromatic N) is 2. The quantitative estimate of drug-likeness (QED) is 0.748. The van der Waals surface area contributed by atoms with Gasteiger partial charge in [0.2, 0.25) is 10.0 Å². The number of aryl methyl sites for hydroxylation is 2. The molecule has 2 heterocycles. The van der Waals surface area contributed by atoms with Gasteiger partial charge in [-0.2, -0.15) is 0 Å². The van der Waals surface area contributed by atoms with Crippen molar-refractivity contribution in [3.63, 3.8) is 0 Å². The highest BCUT2D eigenvalue weighted by atomic mass is 32.2. The zero-order chi connectivity index (χ0) is 16.6. The summed E-state index contributed by atoms with van der Waals surface area (Å²) in [7, 11) is -2.10. The third kappa shape index (κ3) is 3.21. The molecule has 2 aromatic heterocycles. The number of fused-ring (bicyclic) bond motifs is 1. The Bertz CT molecular complexity index is 1010. The van der Waals surface area contributed by atoms with Crippen molar-refractivity contribution in [3.05, 3.63) is 44.8 Å². The maximum Gasteiger partial charge on any atom is 0.419 e. The van der Waals surface area contributed by atoms with E-state index in [-0.39, 0.29) is 17.0 Å². The number of rotatable bonds is 5. The third-order valence-electron chi connectivity index (χ3n) is 3.41. The monoisotopic (exact) mass is 353 g/mol. The number of hydrogen-bond donors (Lipinski definition) is 1. The van der Waals surface area contributed by atoms with E-state index in [1.807, 2.05) is 12.3 Å². The summed E-state index contributed by atoms with van der Waals surface area (Å²) in [6, 6.07) is 4.36. The normalized spacial score (nSPS) is 12.1. The summed E-state index contributed by atoms with van der Waals surface area (Å²) in [6.07, 6.45) is 0.520. The van der Waals surface area contributed by atoms with E-state index in [2.05, 4.69) is 9.71 Å². The molecule has 1 aromatic carbocycles. The van der Waals surface area contributed by atoms with E-state index in [0.29, 0.717) is 11.9 Å². The molecule has 0 saturated carbocycles. The van der Waals surface area contributed by atoms with Gasteiger partial charge in [0.15, 0.2) is 5.58 Å². The first-order valence-electron chi connectivity index (χ1n) is 6.87. The third-order valence-corrected chi connectivity index (χ3v) is 5.69. The predicted molar refractivity (Wildman–Crippen MR) is 87.2 cm³/mol. The van der Waals surface area contributed by atoms with Crippen LogP contribution in [-0.2, 0) is 23.5 Å². The molecular formula is C14H15N3O4S2. The maximum absolute atomic E-state index is 12.3. The standard InChI is InChI=1S/C14H15N3O4S2/c1-9-16-10(8-22-9)5-6-15-23(19,20)11-3-4-12-13(7-11)21-14(18)17(12)2/h3-4,7-8,15H,5-6H2,1-2H3. The molecule has 3 aromatic rings. The van der Waals surface area contributed by atoms with Crippen molar-refractivity contribution >= 4 is 32.5 Å². The molecule has 1 N–H and O–H groups in total. The molecule has 0 amide bonds. The van der Waals surface area contributed by atoms with Crippen LogP contribution >= 0.6 is 11.3 Å².